The zero-order valence-electron chi connectivity index (χ0n) is 13.3. The van der Waals surface area contributed by atoms with Crippen molar-refractivity contribution in [2.45, 2.75) is 44.2 Å². The highest BCUT2D eigenvalue weighted by Crippen LogP contribution is 2.28. The van der Waals surface area contributed by atoms with Crippen molar-refractivity contribution in [1.29, 1.82) is 0 Å². The summed E-state index contributed by atoms with van der Waals surface area (Å²) in [6.07, 6.45) is 3.50. The maximum absolute atomic E-state index is 13.9. The van der Waals surface area contributed by atoms with Crippen molar-refractivity contribution >= 4 is 17.5 Å². The van der Waals surface area contributed by atoms with Gasteiger partial charge in [-0.05, 0) is 37.8 Å². The first-order valence-corrected chi connectivity index (χ1v) is 8.28. The number of nitrogens with two attached hydrogens (primary N) is 1. The summed E-state index contributed by atoms with van der Waals surface area (Å²) in [6, 6.07) is 2.75. The summed E-state index contributed by atoms with van der Waals surface area (Å²) < 4.78 is 27.7. The second-order valence-corrected chi connectivity index (χ2v) is 6.53. The monoisotopic (exact) mass is 337 g/mol. The van der Waals surface area contributed by atoms with Crippen molar-refractivity contribution in [1.82, 2.24) is 5.32 Å². The van der Waals surface area contributed by atoms with E-state index in [2.05, 4.69) is 5.32 Å². The van der Waals surface area contributed by atoms with Crippen molar-refractivity contribution in [3.05, 3.63) is 29.8 Å². The summed E-state index contributed by atoms with van der Waals surface area (Å²) in [5.41, 5.74) is 5.54. The van der Waals surface area contributed by atoms with Crippen molar-refractivity contribution in [2.24, 2.45) is 11.7 Å². The molecule has 1 aromatic carbocycles. The van der Waals surface area contributed by atoms with Crippen LogP contribution in [0.4, 0.5) is 14.5 Å². The number of hydrogen-bond donors (Lipinski definition) is 2. The average Bonchev–Trinajstić information content (AvgIpc) is 2.88. The lowest BCUT2D eigenvalue weighted by molar-refractivity contribution is -0.130. The highest BCUT2D eigenvalue weighted by atomic mass is 19.1. The number of hydrogen-bond acceptors (Lipinski definition) is 3. The quantitative estimate of drug-likeness (QED) is 0.882. The molecule has 1 heterocycles. The predicted molar refractivity (Wildman–Crippen MR) is 85.2 cm³/mol. The number of carbonyl (C=O) groups excluding carboxylic acids is 2. The van der Waals surface area contributed by atoms with Crippen molar-refractivity contribution < 1.29 is 18.4 Å². The third-order valence-corrected chi connectivity index (χ3v) is 4.82. The first kappa shape index (κ1) is 16.8. The molecule has 2 fully saturated rings. The van der Waals surface area contributed by atoms with Gasteiger partial charge in [-0.2, -0.15) is 0 Å². The average molecular weight is 337 g/mol. The third kappa shape index (κ3) is 3.26. The SMILES string of the molecule is NC1CCCC(C(=O)NC2CCN(c3c(F)cccc3F)C2=O)C1. The summed E-state index contributed by atoms with van der Waals surface area (Å²) in [5, 5.41) is 2.73. The Morgan fingerprint density at radius 1 is 1.21 bits per heavy atom. The topological polar surface area (TPSA) is 75.4 Å². The van der Waals surface area contributed by atoms with Gasteiger partial charge in [0.2, 0.25) is 11.8 Å². The van der Waals surface area contributed by atoms with Crippen LogP contribution < -0.4 is 16.0 Å². The van der Waals surface area contributed by atoms with E-state index in [1.165, 1.54) is 6.07 Å². The molecule has 1 aliphatic heterocycles. The Hall–Kier alpha value is -2.02. The number of para-hydroxylation sites is 1. The maximum Gasteiger partial charge on any atom is 0.249 e. The molecule has 130 valence electrons. The second kappa shape index (κ2) is 6.84. The minimum absolute atomic E-state index is 0.0118. The van der Waals surface area contributed by atoms with Crippen LogP contribution in [0.1, 0.15) is 32.1 Å². The Bertz CT molecular complexity index is 632. The van der Waals surface area contributed by atoms with Gasteiger partial charge >= 0.3 is 0 Å². The number of benzene rings is 1. The van der Waals surface area contributed by atoms with Crippen LogP contribution in [-0.4, -0.2) is 30.4 Å². The van der Waals surface area contributed by atoms with Gasteiger partial charge in [0.05, 0.1) is 0 Å². The molecule has 5 nitrogen and oxygen atoms in total. The molecule has 1 aromatic rings. The van der Waals surface area contributed by atoms with Gasteiger partial charge in [0, 0.05) is 18.5 Å². The molecule has 0 radical (unpaired) electrons. The molecule has 7 heteroatoms. The van der Waals surface area contributed by atoms with E-state index in [-0.39, 0.29) is 30.1 Å². The molecule has 3 atom stereocenters. The number of rotatable bonds is 3. The fourth-order valence-electron chi connectivity index (χ4n) is 3.54. The van der Waals surface area contributed by atoms with Crippen LogP contribution in [0.2, 0.25) is 0 Å². The third-order valence-electron chi connectivity index (χ3n) is 4.82. The standard InChI is InChI=1S/C17H21F2N3O2/c18-12-5-2-6-13(19)15(12)22-8-7-14(17(22)24)21-16(23)10-3-1-4-11(20)9-10/h2,5-6,10-11,14H,1,3-4,7-9,20H2,(H,21,23). The summed E-state index contributed by atoms with van der Waals surface area (Å²) in [7, 11) is 0. The minimum Gasteiger partial charge on any atom is -0.344 e. The van der Waals surface area contributed by atoms with Gasteiger partial charge < -0.3 is 16.0 Å². The summed E-state index contributed by atoms with van der Waals surface area (Å²) in [5.74, 6) is -2.44. The van der Waals surface area contributed by atoms with Gasteiger partial charge in [-0.3, -0.25) is 9.59 Å². The van der Waals surface area contributed by atoms with E-state index in [9.17, 15) is 18.4 Å². The van der Waals surface area contributed by atoms with Crippen LogP contribution in [0, 0.1) is 17.6 Å². The van der Waals surface area contributed by atoms with Crippen LogP contribution >= 0.6 is 0 Å². The van der Waals surface area contributed by atoms with E-state index in [1.54, 1.807) is 0 Å². The van der Waals surface area contributed by atoms with Crippen LogP contribution in [0.25, 0.3) is 0 Å². The zero-order chi connectivity index (χ0) is 17.3. The molecule has 0 bridgehead atoms. The zero-order valence-corrected chi connectivity index (χ0v) is 13.3. The maximum atomic E-state index is 13.9. The van der Waals surface area contributed by atoms with E-state index in [0.29, 0.717) is 12.8 Å². The van der Waals surface area contributed by atoms with E-state index >= 15 is 0 Å². The first-order chi connectivity index (χ1) is 11.5. The van der Waals surface area contributed by atoms with Gasteiger partial charge in [0.1, 0.15) is 23.4 Å². The highest BCUT2D eigenvalue weighted by Gasteiger charge is 2.37. The molecular formula is C17H21F2N3O2. The van der Waals surface area contributed by atoms with Gasteiger partial charge in [0.25, 0.3) is 0 Å². The van der Waals surface area contributed by atoms with Crippen molar-refractivity contribution in [2.75, 3.05) is 11.4 Å². The number of anilines is 1. The van der Waals surface area contributed by atoms with Crippen LogP contribution in [0.5, 0.6) is 0 Å². The number of halogens is 2. The minimum atomic E-state index is -0.784. The smallest absolute Gasteiger partial charge is 0.249 e. The summed E-state index contributed by atoms with van der Waals surface area (Å²) >= 11 is 0. The lowest BCUT2D eigenvalue weighted by Crippen LogP contribution is -2.46. The molecule has 0 spiro atoms. The second-order valence-electron chi connectivity index (χ2n) is 6.53. The molecule has 2 amide bonds. The fourth-order valence-corrected chi connectivity index (χ4v) is 3.54. The molecule has 3 rings (SSSR count). The highest BCUT2D eigenvalue weighted by molar-refractivity contribution is 6.01. The normalized spacial score (nSPS) is 27.4. The Kier molecular flexibility index (Phi) is 4.80. The van der Waals surface area contributed by atoms with Crippen LogP contribution in [0.15, 0.2) is 18.2 Å². The lowest BCUT2D eigenvalue weighted by atomic mass is 9.85. The molecule has 3 unspecified atom stereocenters. The number of nitrogens with zero attached hydrogens (tertiary/aromatic N) is 1. The molecule has 1 aliphatic carbocycles. The predicted octanol–water partition coefficient (Wildman–Crippen LogP) is 1.70. The molecule has 1 saturated carbocycles. The summed E-state index contributed by atoms with van der Waals surface area (Å²) in [4.78, 5) is 25.9. The Balaban J connectivity index is 1.67. The largest absolute Gasteiger partial charge is 0.344 e. The van der Waals surface area contributed by atoms with Crippen molar-refractivity contribution in [3.8, 4) is 0 Å². The lowest BCUT2D eigenvalue weighted by Gasteiger charge is -2.26. The van der Waals surface area contributed by atoms with Gasteiger partial charge in [-0.25, -0.2) is 8.78 Å². The van der Waals surface area contributed by atoms with Crippen molar-refractivity contribution in [3.63, 3.8) is 0 Å². The van der Waals surface area contributed by atoms with Gasteiger partial charge in [0.15, 0.2) is 0 Å². The number of amides is 2. The van der Waals surface area contributed by atoms with Gasteiger partial charge in [-0.1, -0.05) is 12.5 Å². The molecular weight excluding hydrogens is 316 g/mol. The molecule has 1 saturated heterocycles. The first-order valence-electron chi connectivity index (χ1n) is 8.28. The molecule has 3 N–H and O–H groups in total. The number of carbonyl (C=O) groups is 2. The van der Waals surface area contributed by atoms with E-state index in [0.717, 1.165) is 36.3 Å². The molecule has 24 heavy (non-hydrogen) atoms. The fraction of sp³-hybridized carbons (Fsp3) is 0.529. The van der Waals surface area contributed by atoms with Crippen LogP contribution in [-0.2, 0) is 9.59 Å². The van der Waals surface area contributed by atoms with E-state index in [4.69, 9.17) is 5.73 Å². The Labute approximate surface area is 139 Å². The summed E-state index contributed by atoms with van der Waals surface area (Å²) in [6.45, 7) is 0.172. The van der Waals surface area contributed by atoms with E-state index in [1.807, 2.05) is 0 Å². The Morgan fingerprint density at radius 3 is 2.58 bits per heavy atom. The van der Waals surface area contributed by atoms with Gasteiger partial charge in [-0.15, -0.1) is 0 Å². The van der Waals surface area contributed by atoms with Crippen LogP contribution in [0.3, 0.4) is 0 Å². The number of nitrogens with one attached hydrogen (secondary N) is 1. The van der Waals surface area contributed by atoms with E-state index < -0.39 is 23.6 Å². The molecule has 0 aromatic heterocycles. The molecule has 2 aliphatic rings. The Morgan fingerprint density at radius 2 is 1.92 bits per heavy atom.